The largest absolute Gasteiger partial charge is 0.508 e. The Morgan fingerprint density at radius 2 is 1.91 bits per heavy atom. The SMILES string of the molecule is C[C@H]1OCCN[C@@H]1C(=O)N1CCN(c2ccc(O)cc2)CC1. The molecule has 1 aromatic carbocycles. The predicted octanol–water partition coefficient (Wildman–Crippen LogP) is 0.418. The minimum Gasteiger partial charge on any atom is -0.508 e. The molecule has 0 aliphatic carbocycles. The fourth-order valence-corrected chi connectivity index (χ4v) is 3.05. The molecule has 2 saturated heterocycles. The molecule has 2 N–H and O–H groups in total. The lowest BCUT2D eigenvalue weighted by atomic mass is 10.1. The highest BCUT2D eigenvalue weighted by Crippen LogP contribution is 2.20. The van der Waals surface area contributed by atoms with Crippen LogP contribution in [0.15, 0.2) is 24.3 Å². The maximum atomic E-state index is 12.6. The molecule has 0 saturated carbocycles. The van der Waals surface area contributed by atoms with E-state index >= 15 is 0 Å². The maximum Gasteiger partial charge on any atom is 0.242 e. The smallest absolute Gasteiger partial charge is 0.242 e. The van der Waals surface area contributed by atoms with Crippen LogP contribution in [0, 0.1) is 0 Å². The zero-order chi connectivity index (χ0) is 15.5. The van der Waals surface area contributed by atoms with Crippen molar-refractivity contribution in [2.75, 3.05) is 44.2 Å². The highest BCUT2D eigenvalue weighted by molar-refractivity contribution is 5.83. The summed E-state index contributed by atoms with van der Waals surface area (Å²) in [6.45, 7) is 6.38. The van der Waals surface area contributed by atoms with Gasteiger partial charge in [-0.3, -0.25) is 4.79 Å². The number of carbonyl (C=O) groups is 1. The highest BCUT2D eigenvalue weighted by Gasteiger charge is 2.33. The first-order chi connectivity index (χ1) is 10.6. The van der Waals surface area contributed by atoms with E-state index in [-0.39, 0.29) is 23.8 Å². The van der Waals surface area contributed by atoms with Crippen LogP contribution in [0.2, 0.25) is 0 Å². The molecule has 1 amide bonds. The maximum absolute atomic E-state index is 12.6. The number of ether oxygens (including phenoxy) is 1. The molecule has 2 atom stereocenters. The van der Waals surface area contributed by atoms with E-state index in [0.29, 0.717) is 19.7 Å². The Morgan fingerprint density at radius 3 is 2.55 bits per heavy atom. The zero-order valence-electron chi connectivity index (χ0n) is 12.9. The Morgan fingerprint density at radius 1 is 1.23 bits per heavy atom. The highest BCUT2D eigenvalue weighted by atomic mass is 16.5. The molecule has 0 unspecified atom stereocenters. The molecule has 120 valence electrons. The van der Waals surface area contributed by atoms with Crippen molar-refractivity contribution in [3.63, 3.8) is 0 Å². The second kappa shape index (κ2) is 6.54. The summed E-state index contributed by atoms with van der Waals surface area (Å²) in [6.07, 6.45) is -0.0728. The molecule has 22 heavy (non-hydrogen) atoms. The van der Waals surface area contributed by atoms with Crippen molar-refractivity contribution in [3.8, 4) is 5.75 Å². The second-order valence-electron chi connectivity index (χ2n) is 5.84. The Balaban J connectivity index is 1.57. The first kappa shape index (κ1) is 15.1. The standard InChI is InChI=1S/C16H23N3O3/c1-12-15(17-6-11-22-12)16(21)19-9-7-18(8-10-19)13-2-4-14(20)5-3-13/h2-5,12,15,17,20H,6-11H2,1H3/t12-,15+/m1/s1. The van der Waals surface area contributed by atoms with Crippen LogP contribution >= 0.6 is 0 Å². The molecule has 6 nitrogen and oxygen atoms in total. The second-order valence-corrected chi connectivity index (χ2v) is 5.84. The number of phenolic OH excluding ortho intramolecular Hbond substituents is 1. The summed E-state index contributed by atoms with van der Waals surface area (Å²) < 4.78 is 5.56. The lowest BCUT2D eigenvalue weighted by molar-refractivity contribution is -0.139. The number of nitrogens with one attached hydrogen (secondary N) is 1. The summed E-state index contributed by atoms with van der Waals surface area (Å²) >= 11 is 0. The lowest BCUT2D eigenvalue weighted by Crippen LogP contribution is -2.59. The van der Waals surface area contributed by atoms with Gasteiger partial charge in [-0.2, -0.15) is 0 Å². The van der Waals surface area contributed by atoms with Gasteiger partial charge in [0.1, 0.15) is 11.8 Å². The van der Waals surface area contributed by atoms with E-state index in [1.807, 2.05) is 24.0 Å². The molecule has 6 heteroatoms. The summed E-state index contributed by atoms with van der Waals surface area (Å²) in [5.41, 5.74) is 1.08. The Kier molecular flexibility index (Phi) is 4.49. The molecule has 2 fully saturated rings. The number of hydrogen-bond acceptors (Lipinski definition) is 5. The molecular formula is C16H23N3O3. The van der Waals surface area contributed by atoms with Gasteiger partial charge < -0.3 is 25.0 Å². The van der Waals surface area contributed by atoms with Gasteiger partial charge in [-0.15, -0.1) is 0 Å². The fourth-order valence-electron chi connectivity index (χ4n) is 3.05. The third-order valence-electron chi connectivity index (χ3n) is 4.39. The summed E-state index contributed by atoms with van der Waals surface area (Å²) in [5, 5.41) is 12.6. The molecule has 2 heterocycles. The van der Waals surface area contributed by atoms with Crippen molar-refractivity contribution in [1.29, 1.82) is 0 Å². The van der Waals surface area contributed by atoms with Crippen molar-refractivity contribution >= 4 is 11.6 Å². The lowest BCUT2D eigenvalue weighted by Gasteiger charge is -2.39. The van der Waals surface area contributed by atoms with Crippen LogP contribution in [-0.4, -0.2) is 67.4 Å². The van der Waals surface area contributed by atoms with Crippen LogP contribution in [0.5, 0.6) is 5.75 Å². The number of morpholine rings is 1. The number of piperazine rings is 1. The van der Waals surface area contributed by atoms with Gasteiger partial charge in [-0.05, 0) is 31.2 Å². The van der Waals surface area contributed by atoms with E-state index in [4.69, 9.17) is 4.74 Å². The molecule has 0 radical (unpaired) electrons. The third-order valence-corrected chi connectivity index (χ3v) is 4.39. The average molecular weight is 305 g/mol. The summed E-state index contributed by atoms with van der Waals surface area (Å²) in [5.74, 6) is 0.410. The Labute approximate surface area is 130 Å². The molecule has 3 rings (SSSR count). The Hall–Kier alpha value is -1.79. The number of nitrogens with zero attached hydrogens (tertiary/aromatic N) is 2. The minimum absolute atomic E-state index is 0.0728. The summed E-state index contributed by atoms with van der Waals surface area (Å²) in [6, 6.07) is 6.97. The first-order valence-electron chi connectivity index (χ1n) is 7.83. The zero-order valence-corrected chi connectivity index (χ0v) is 12.9. The molecule has 0 bridgehead atoms. The summed E-state index contributed by atoms with van der Waals surface area (Å²) in [7, 11) is 0. The van der Waals surface area contributed by atoms with E-state index in [1.54, 1.807) is 12.1 Å². The van der Waals surface area contributed by atoms with Crippen LogP contribution in [0.4, 0.5) is 5.69 Å². The van der Waals surface area contributed by atoms with Crippen molar-refractivity contribution in [3.05, 3.63) is 24.3 Å². The van der Waals surface area contributed by atoms with Crippen LogP contribution in [0.1, 0.15) is 6.92 Å². The molecule has 2 aliphatic heterocycles. The normalized spacial score (nSPS) is 26.0. The van der Waals surface area contributed by atoms with Gasteiger partial charge in [0.25, 0.3) is 0 Å². The first-order valence-corrected chi connectivity index (χ1v) is 7.83. The molecule has 1 aromatic rings. The number of aromatic hydroxyl groups is 1. The monoisotopic (exact) mass is 305 g/mol. The Bertz CT molecular complexity index is 512. The van der Waals surface area contributed by atoms with Gasteiger partial charge in [-0.25, -0.2) is 0 Å². The van der Waals surface area contributed by atoms with Crippen LogP contribution < -0.4 is 10.2 Å². The van der Waals surface area contributed by atoms with Gasteiger partial charge in [0.2, 0.25) is 5.91 Å². The molecule has 0 aromatic heterocycles. The number of phenols is 1. The van der Waals surface area contributed by atoms with Crippen LogP contribution in [0.3, 0.4) is 0 Å². The average Bonchev–Trinajstić information content (AvgIpc) is 2.56. The quantitative estimate of drug-likeness (QED) is 0.829. The van der Waals surface area contributed by atoms with E-state index < -0.39 is 0 Å². The van der Waals surface area contributed by atoms with Crippen LogP contribution in [-0.2, 0) is 9.53 Å². The van der Waals surface area contributed by atoms with E-state index in [1.165, 1.54) is 0 Å². The number of rotatable bonds is 2. The number of amides is 1. The topological polar surface area (TPSA) is 65.0 Å². The van der Waals surface area contributed by atoms with Gasteiger partial charge in [0, 0.05) is 38.4 Å². The van der Waals surface area contributed by atoms with E-state index in [9.17, 15) is 9.90 Å². The van der Waals surface area contributed by atoms with Gasteiger partial charge in [0.05, 0.1) is 12.7 Å². The molecule has 2 aliphatic rings. The number of anilines is 1. The van der Waals surface area contributed by atoms with Gasteiger partial charge in [0.15, 0.2) is 0 Å². The van der Waals surface area contributed by atoms with E-state index in [0.717, 1.165) is 25.3 Å². The molecular weight excluding hydrogens is 282 g/mol. The predicted molar refractivity (Wildman–Crippen MR) is 84.1 cm³/mol. The summed E-state index contributed by atoms with van der Waals surface area (Å²) in [4.78, 5) is 16.7. The third kappa shape index (κ3) is 3.18. The van der Waals surface area contributed by atoms with Gasteiger partial charge >= 0.3 is 0 Å². The molecule has 0 spiro atoms. The van der Waals surface area contributed by atoms with E-state index in [2.05, 4.69) is 10.2 Å². The van der Waals surface area contributed by atoms with Crippen molar-refractivity contribution < 1.29 is 14.6 Å². The number of benzene rings is 1. The fraction of sp³-hybridized carbons (Fsp3) is 0.562. The van der Waals surface area contributed by atoms with Crippen molar-refractivity contribution in [1.82, 2.24) is 10.2 Å². The van der Waals surface area contributed by atoms with Gasteiger partial charge in [-0.1, -0.05) is 0 Å². The van der Waals surface area contributed by atoms with Crippen molar-refractivity contribution in [2.45, 2.75) is 19.1 Å². The minimum atomic E-state index is -0.228. The number of carbonyl (C=O) groups excluding carboxylic acids is 1. The number of hydrogen-bond donors (Lipinski definition) is 2. The van der Waals surface area contributed by atoms with Crippen molar-refractivity contribution in [2.24, 2.45) is 0 Å². The van der Waals surface area contributed by atoms with Crippen LogP contribution in [0.25, 0.3) is 0 Å².